The monoisotopic (exact) mass is 313 g/mol. The number of hydrogen-bond donors (Lipinski definition) is 0. The van der Waals surface area contributed by atoms with E-state index in [1.165, 1.54) is 24.4 Å². The van der Waals surface area contributed by atoms with Gasteiger partial charge >= 0.3 is 0 Å². The zero-order chi connectivity index (χ0) is 11.8. The van der Waals surface area contributed by atoms with Crippen LogP contribution in [0.1, 0.15) is 25.5 Å². The maximum absolute atomic E-state index is 4.77. The van der Waals surface area contributed by atoms with Crippen molar-refractivity contribution in [1.82, 2.24) is 9.38 Å². The molecule has 92 valence electrons. The number of rotatable bonds is 2. The first kappa shape index (κ1) is 11.5. The summed E-state index contributed by atoms with van der Waals surface area (Å²) in [6.45, 7) is 4.63. The Morgan fingerprint density at radius 2 is 2.24 bits per heavy atom. The number of fused-ring (bicyclic) bond motifs is 1. The van der Waals surface area contributed by atoms with Gasteiger partial charge in [-0.1, -0.05) is 22.9 Å². The standard InChI is InChI=1S/C12H16BrN3S/c1-9-2-4-15(5-3-9)11-10(8-13)16-6-7-17-12(16)14-11/h6-7,9H,2-5,8H2,1H3. The molecule has 17 heavy (non-hydrogen) atoms. The third-order valence-corrected chi connectivity index (χ3v) is 4.84. The summed E-state index contributed by atoms with van der Waals surface area (Å²) in [5.41, 5.74) is 1.29. The summed E-state index contributed by atoms with van der Waals surface area (Å²) in [6, 6.07) is 0. The van der Waals surface area contributed by atoms with Crippen LogP contribution in [0.15, 0.2) is 11.6 Å². The Kier molecular flexibility index (Phi) is 3.13. The Morgan fingerprint density at radius 3 is 2.94 bits per heavy atom. The van der Waals surface area contributed by atoms with Crippen LogP contribution < -0.4 is 4.90 Å². The Labute approximate surface area is 114 Å². The quantitative estimate of drug-likeness (QED) is 0.791. The molecule has 0 radical (unpaired) electrons. The van der Waals surface area contributed by atoms with Crippen LogP contribution in [-0.2, 0) is 5.33 Å². The van der Waals surface area contributed by atoms with Gasteiger partial charge in [0.1, 0.15) is 0 Å². The molecule has 3 heterocycles. The topological polar surface area (TPSA) is 20.5 Å². The lowest BCUT2D eigenvalue weighted by Gasteiger charge is -2.31. The van der Waals surface area contributed by atoms with Crippen LogP contribution in [-0.4, -0.2) is 22.5 Å². The van der Waals surface area contributed by atoms with Gasteiger partial charge in [-0.25, -0.2) is 4.98 Å². The maximum atomic E-state index is 4.77. The molecule has 0 spiro atoms. The number of halogens is 1. The van der Waals surface area contributed by atoms with Crippen molar-refractivity contribution in [2.24, 2.45) is 5.92 Å². The first-order valence-electron chi connectivity index (χ1n) is 6.05. The van der Waals surface area contributed by atoms with Gasteiger partial charge in [0, 0.05) is 30.0 Å². The molecular formula is C12H16BrN3S. The molecule has 0 amide bonds. The number of imidazole rings is 1. The van der Waals surface area contributed by atoms with Crippen molar-refractivity contribution in [2.45, 2.75) is 25.1 Å². The lowest BCUT2D eigenvalue weighted by molar-refractivity contribution is 0.436. The van der Waals surface area contributed by atoms with Gasteiger partial charge in [-0.15, -0.1) is 11.3 Å². The van der Waals surface area contributed by atoms with Crippen LogP contribution in [0.5, 0.6) is 0 Å². The zero-order valence-corrected chi connectivity index (χ0v) is 12.3. The molecule has 0 aliphatic carbocycles. The number of alkyl halides is 1. The van der Waals surface area contributed by atoms with E-state index in [1.807, 2.05) is 0 Å². The van der Waals surface area contributed by atoms with Crippen molar-refractivity contribution in [1.29, 1.82) is 0 Å². The second kappa shape index (κ2) is 4.61. The fourth-order valence-corrected chi connectivity index (χ4v) is 3.67. The predicted molar refractivity (Wildman–Crippen MR) is 76.3 cm³/mol. The summed E-state index contributed by atoms with van der Waals surface area (Å²) in [5, 5.41) is 2.96. The van der Waals surface area contributed by atoms with E-state index in [0.29, 0.717) is 0 Å². The average molecular weight is 314 g/mol. The molecule has 0 bridgehead atoms. The summed E-state index contributed by atoms with van der Waals surface area (Å²) in [4.78, 5) is 8.32. The van der Waals surface area contributed by atoms with Gasteiger partial charge in [0.15, 0.2) is 10.8 Å². The van der Waals surface area contributed by atoms with Crippen LogP contribution >= 0.6 is 27.3 Å². The average Bonchev–Trinajstić information content (AvgIpc) is 2.89. The van der Waals surface area contributed by atoms with Crippen molar-refractivity contribution < 1.29 is 0 Å². The summed E-state index contributed by atoms with van der Waals surface area (Å²) in [6.07, 6.45) is 4.68. The van der Waals surface area contributed by atoms with Gasteiger partial charge in [-0.3, -0.25) is 4.40 Å². The van der Waals surface area contributed by atoms with Gasteiger partial charge in [0.05, 0.1) is 5.69 Å². The third kappa shape index (κ3) is 1.99. The normalized spacial score (nSPS) is 18.1. The lowest BCUT2D eigenvalue weighted by Crippen LogP contribution is -2.33. The van der Waals surface area contributed by atoms with Crippen molar-refractivity contribution in [2.75, 3.05) is 18.0 Å². The van der Waals surface area contributed by atoms with Gasteiger partial charge in [-0.2, -0.15) is 0 Å². The van der Waals surface area contributed by atoms with E-state index in [0.717, 1.165) is 29.3 Å². The second-order valence-corrected chi connectivity index (χ2v) is 6.17. The molecule has 0 unspecified atom stereocenters. The fraction of sp³-hybridized carbons (Fsp3) is 0.583. The predicted octanol–water partition coefficient (Wildman–Crippen LogP) is 3.53. The second-order valence-electron chi connectivity index (χ2n) is 4.74. The zero-order valence-electron chi connectivity index (χ0n) is 9.90. The highest BCUT2D eigenvalue weighted by Gasteiger charge is 2.22. The number of nitrogens with zero attached hydrogens (tertiary/aromatic N) is 3. The Balaban J connectivity index is 1.96. The third-order valence-electron chi connectivity index (χ3n) is 3.55. The summed E-state index contributed by atoms with van der Waals surface area (Å²) in [7, 11) is 0. The SMILES string of the molecule is CC1CCN(c2nc3sccn3c2CBr)CC1. The highest BCUT2D eigenvalue weighted by atomic mass is 79.9. The minimum atomic E-state index is 0.863. The number of aromatic nitrogens is 2. The lowest BCUT2D eigenvalue weighted by atomic mass is 9.99. The van der Waals surface area contributed by atoms with Gasteiger partial charge in [0.2, 0.25) is 0 Å². The van der Waals surface area contributed by atoms with Crippen LogP contribution in [0, 0.1) is 5.92 Å². The van der Waals surface area contributed by atoms with E-state index in [2.05, 4.69) is 43.7 Å². The molecule has 2 aromatic heterocycles. The molecule has 1 aliphatic rings. The molecule has 1 saturated heterocycles. The number of hydrogen-bond acceptors (Lipinski definition) is 3. The van der Waals surface area contributed by atoms with E-state index in [9.17, 15) is 0 Å². The molecular weight excluding hydrogens is 298 g/mol. The highest BCUT2D eigenvalue weighted by Crippen LogP contribution is 2.29. The van der Waals surface area contributed by atoms with E-state index in [-0.39, 0.29) is 0 Å². The van der Waals surface area contributed by atoms with E-state index in [1.54, 1.807) is 11.3 Å². The minimum absolute atomic E-state index is 0.863. The molecule has 1 aliphatic heterocycles. The van der Waals surface area contributed by atoms with E-state index < -0.39 is 0 Å². The number of piperidine rings is 1. The molecule has 3 nitrogen and oxygen atoms in total. The van der Waals surface area contributed by atoms with Gasteiger partial charge in [-0.05, 0) is 18.8 Å². The van der Waals surface area contributed by atoms with Crippen LogP contribution in [0.25, 0.3) is 4.96 Å². The number of thiazole rings is 1. The molecule has 0 N–H and O–H groups in total. The van der Waals surface area contributed by atoms with Crippen LogP contribution in [0.2, 0.25) is 0 Å². The molecule has 0 atom stereocenters. The van der Waals surface area contributed by atoms with Crippen LogP contribution in [0.3, 0.4) is 0 Å². The van der Waals surface area contributed by atoms with Crippen LogP contribution in [0.4, 0.5) is 5.82 Å². The molecule has 1 fully saturated rings. The van der Waals surface area contributed by atoms with Crippen molar-refractivity contribution >= 4 is 38.0 Å². The van der Waals surface area contributed by atoms with Crippen molar-refractivity contribution in [3.8, 4) is 0 Å². The van der Waals surface area contributed by atoms with E-state index in [4.69, 9.17) is 4.98 Å². The van der Waals surface area contributed by atoms with Gasteiger partial charge < -0.3 is 4.90 Å². The molecule has 0 aromatic carbocycles. The molecule has 0 saturated carbocycles. The summed E-state index contributed by atoms with van der Waals surface area (Å²) < 4.78 is 2.20. The highest BCUT2D eigenvalue weighted by molar-refractivity contribution is 9.08. The van der Waals surface area contributed by atoms with Crippen molar-refractivity contribution in [3.63, 3.8) is 0 Å². The smallest absolute Gasteiger partial charge is 0.195 e. The Bertz CT molecular complexity index is 511. The number of anilines is 1. The summed E-state index contributed by atoms with van der Waals surface area (Å²) in [5.74, 6) is 2.04. The van der Waals surface area contributed by atoms with Gasteiger partial charge in [0.25, 0.3) is 0 Å². The first-order valence-corrected chi connectivity index (χ1v) is 8.05. The molecule has 3 rings (SSSR count). The minimum Gasteiger partial charge on any atom is -0.355 e. The largest absolute Gasteiger partial charge is 0.355 e. The summed E-state index contributed by atoms with van der Waals surface area (Å²) >= 11 is 5.30. The Hall–Kier alpha value is -0.550. The molecule has 5 heteroatoms. The Morgan fingerprint density at radius 1 is 1.47 bits per heavy atom. The first-order chi connectivity index (χ1) is 8.29. The molecule has 2 aromatic rings. The fourth-order valence-electron chi connectivity index (χ4n) is 2.42. The van der Waals surface area contributed by atoms with Crippen molar-refractivity contribution in [3.05, 3.63) is 17.3 Å². The maximum Gasteiger partial charge on any atom is 0.195 e. The van der Waals surface area contributed by atoms with E-state index >= 15 is 0 Å².